The molecule has 2 aliphatic rings. The summed E-state index contributed by atoms with van der Waals surface area (Å²) >= 11 is 0. The van der Waals surface area contributed by atoms with Crippen LogP contribution in [-0.4, -0.2) is 0 Å². The standard InChI is InChI=1S/C28H47N/c1-2-3-4-5-7-12-25-16-20-27(21-17-25)14-9-10-15-28-22-18-26(19-23-28)13-8-6-11-24-29/h6,8,11,13,25-28H,2-5,7,9-10,12,14-23H2,1H3/b11-6+,13-8+. The van der Waals surface area contributed by atoms with Gasteiger partial charge in [0.05, 0.1) is 6.07 Å². The molecule has 0 N–H and O–H groups in total. The van der Waals surface area contributed by atoms with Crippen LogP contribution >= 0.6 is 0 Å². The molecule has 2 fully saturated rings. The maximum absolute atomic E-state index is 8.52. The molecule has 2 saturated carbocycles. The Hall–Kier alpha value is -1.03. The maximum Gasteiger partial charge on any atom is 0.0912 e. The van der Waals surface area contributed by atoms with Crippen molar-refractivity contribution in [2.24, 2.45) is 23.7 Å². The van der Waals surface area contributed by atoms with Gasteiger partial charge in [-0.25, -0.2) is 0 Å². The number of nitriles is 1. The summed E-state index contributed by atoms with van der Waals surface area (Å²) in [6.45, 7) is 2.31. The highest BCUT2D eigenvalue weighted by molar-refractivity contribution is 5.12. The van der Waals surface area contributed by atoms with Gasteiger partial charge in [0, 0.05) is 6.08 Å². The summed E-state index contributed by atoms with van der Waals surface area (Å²) < 4.78 is 0. The normalized spacial score (nSPS) is 28.1. The Balaban J connectivity index is 1.44. The summed E-state index contributed by atoms with van der Waals surface area (Å²) in [5, 5.41) is 8.52. The maximum atomic E-state index is 8.52. The van der Waals surface area contributed by atoms with E-state index in [4.69, 9.17) is 5.26 Å². The van der Waals surface area contributed by atoms with Crippen LogP contribution in [0.4, 0.5) is 0 Å². The average molecular weight is 398 g/mol. The first kappa shape index (κ1) is 24.2. The van der Waals surface area contributed by atoms with Crippen LogP contribution in [0.5, 0.6) is 0 Å². The number of unbranched alkanes of at least 4 members (excludes halogenated alkanes) is 5. The molecule has 0 aromatic carbocycles. The minimum atomic E-state index is 0.747. The summed E-state index contributed by atoms with van der Waals surface area (Å²) in [6, 6.07) is 2.05. The summed E-state index contributed by atoms with van der Waals surface area (Å²) in [4.78, 5) is 0. The predicted molar refractivity (Wildman–Crippen MR) is 127 cm³/mol. The van der Waals surface area contributed by atoms with Crippen molar-refractivity contribution >= 4 is 0 Å². The Morgan fingerprint density at radius 2 is 1.14 bits per heavy atom. The van der Waals surface area contributed by atoms with E-state index in [1.807, 2.05) is 12.1 Å². The van der Waals surface area contributed by atoms with E-state index in [1.165, 1.54) is 116 Å². The molecule has 2 rings (SSSR count). The van der Waals surface area contributed by atoms with Crippen LogP contribution in [0.2, 0.25) is 0 Å². The third kappa shape index (κ3) is 11.1. The molecule has 164 valence electrons. The second-order valence-corrected chi connectivity index (χ2v) is 10.0. The molecule has 0 aliphatic heterocycles. The van der Waals surface area contributed by atoms with E-state index in [0.29, 0.717) is 0 Å². The summed E-state index contributed by atoms with van der Waals surface area (Å²) in [5.74, 6) is 3.84. The van der Waals surface area contributed by atoms with Crippen LogP contribution < -0.4 is 0 Å². The van der Waals surface area contributed by atoms with Crippen molar-refractivity contribution in [2.75, 3.05) is 0 Å². The van der Waals surface area contributed by atoms with Gasteiger partial charge in [0.1, 0.15) is 0 Å². The Morgan fingerprint density at radius 3 is 1.66 bits per heavy atom. The second-order valence-electron chi connectivity index (χ2n) is 10.0. The summed E-state index contributed by atoms with van der Waals surface area (Å²) in [7, 11) is 0. The molecule has 0 heterocycles. The van der Waals surface area contributed by atoms with Crippen LogP contribution in [0.1, 0.15) is 122 Å². The lowest BCUT2D eigenvalue weighted by Gasteiger charge is -2.29. The molecule has 0 amide bonds. The first-order valence-corrected chi connectivity index (χ1v) is 13.0. The highest BCUT2D eigenvalue weighted by Crippen LogP contribution is 2.36. The molecule has 0 bridgehead atoms. The number of rotatable bonds is 13. The van der Waals surface area contributed by atoms with Gasteiger partial charge >= 0.3 is 0 Å². The van der Waals surface area contributed by atoms with Gasteiger partial charge in [-0.1, -0.05) is 115 Å². The van der Waals surface area contributed by atoms with E-state index in [2.05, 4.69) is 19.1 Å². The van der Waals surface area contributed by atoms with Crippen LogP contribution in [0.25, 0.3) is 0 Å². The number of allylic oxidation sites excluding steroid dienone is 4. The van der Waals surface area contributed by atoms with Crippen LogP contribution in [0.3, 0.4) is 0 Å². The molecule has 0 aromatic rings. The minimum Gasteiger partial charge on any atom is -0.193 e. The van der Waals surface area contributed by atoms with E-state index in [1.54, 1.807) is 6.08 Å². The third-order valence-electron chi connectivity index (χ3n) is 7.71. The fourth-order valence-corrected chi connectivity index (χ4v) is 5.70. The van der Waals surface area contributed by atoms with Gasteiger partial charge in [0.25, 0.3) is 0 Å². The molecular weight excluding hydrogens is 350 g/mol. The zero-order chi connectivity index (χ0) is 20.6. The summed E-state index contributed by atoms with van der Waals surface area (Å²) in [5.41, 5.74) is 0. The van der Waals surface area contributed by atoms with Gasteiger partial charge < -0.3 is 0 Å². The van der Waals surface area contributed by atoms with Crippen molar-refractivity contribution in [3.05, 3.63) is 24.3 Å². The molecule has 0 unspecified atom stereocenters. The van der Waals surface area contributed by atoms with Gasteiger partial charge in [-0.2, -0.15) is 5.26 Å². The molecule has 0 atom stereocenters. The first-order valence-electron chi connectivity index (χ1n) is 13.0. The van der Waals surface area contributed by atoms with E-state index in [-0.39, 0.29) is 0 Å². The average Bonchev–Trinajstić information content (AvgIpc) is 2.76. The number of hydrogen-bond acceptors (Lipinski definition) is 1. The molecule has 0 spiro atoms. The molecular formula is C28H47N. The zero-order valence-electron chi connectivity index (χ0n) is 19.3. The van der Waals surface area contributed by atoms with E-state index < -0.39 is 0 Å². The van der Waals surface area contributed by atoms with Crippen molar-refractivity contribution in [2.45, 2.75) is 122 Å². The molecule has 2 aliphatic carbocycles. The van der Waals surface area contributed by atoms with Crippen molar-refractivity contribution in [3.8, 4) is 6.07 Å². The van der Waals surface area contributed by atoms with E-state index in [0.717, 1.165) is 23.7 Å². The van der Waals surface area contributed by atoms with Crippen LogP contribution in [-0.2, 0) is 0 Å². The van der Waals surface area contributed by atoms with Crippen LogP contribution in [0, 0.1) is 35.0 Å². The monoisotopic (exact) mass is 397 g/mol. The van der Waals surface area contributed by atoms with Gasteiger partial charge in [0.15, 0.2) is 0 Å². The van der Waals surface area contributed by atoms with Crippen molar-refractivity contribution in [1.82, 2.24) is 0 Å². The first-order chi connectivity index (χ1) is 14.3. The van der Waals surface area contributed by atoms with Gasteiger partial charge in [-0.15, -0.1) is 0 Å². The van der Waals surface area contributed by atoms with Gasteiger partial charge in [-0.05, 0) is 49.4 Å². The fraction of sp³-hybridized carbons (Fsp3) is 0.821. The SMILES string of the molecule is CCCCCCCC1CCC(CCCCC2CCC(/C=C/C=C/C#N)CC2)CC1. The number of hydrogen-bond donors (Lipinski definition) is 0. The minimum absolute atomic E-state index is 0.747. The molecule has 1 nitrogen and oxygen atoms in total. The van der Waals surface area contributed by atoms with Crippen molar-refractivity contribution in [3.63, 3.8) is 0 Å². The molecule has 1 heteroatoms. The smallest absolute Gasteiger partial charge is 0.0912 e. The third-order valence-corrected chi connectivity index (χ3v) is 7.71. The zero-order valence-corrected chi connectivity index (χ0v) is 19.3. The fourth-order valence-electron chi connectivity index (χ4n) is 5.70. The molecule has 0 aromatic heterocycles. The Labute approximate surface area is 182 Å². The lowest BCUT2D eigenvalue weighted by atomic mass is 9.77. The highest BCUT2D eigenvalue weighted by Gasteiger charge is 2.21. The number of nitrogens with zero attached hydrogens (tertiary/aromatic N) is 1. The van der Waals surface area contributed by atoms with Gasteiger partial charge in [0.2, 0.25) is 0 Å². The lowest BCUT2D eigenvalue weighted by molar-refractivity contribution is 0.239. The largest absolute Gasteiger partial charge is 0.193 e. The Kier molecular flexibility index (Phi) is 13.2. The Bertz CT molecular complexity index is 481. The molecule has 29 heavy (non-hydrogen) atoms. The van der Waals surface area contributed by atoms with E-state index in [9.17, 15) is 0 Å². The van der Waals surface area contributed by atoms with Crippen molar-refractivity contribution < 1.29 is 0 Å². The van der Waals surface area contributed by atoms with E-state index >= 15 is 0 Å². The summed E-state index contributed by atoms with van der Waals surface area (Å²) in [6.07, 6.45) is 34.1. The Morgan fingerprint density at radius 1 is 0.655 bits per heavy atom. The molecule has 0 radical (unpaired) electrons. The quantitative estimate of drug-likeness (QED) is 0.173. The van der Waals surface area contributed by atoms with Gasteiger partial charge in [-0.3, -0.25) is 0 Å². The topological polar surface area (TPSA) is 23.8 Å². The second kappa shape index (κ2) is 15.8. The highest BCUT2D eigenvalue weighted by atomic mass is 14.3. The molecule has 0 saturated heterocycles. The lowest BCUT2D eigenvalue weighted by Crippen LogP contribution is -2.15. The predicted octanol–water partition coefficient (Wildman–Crippen LogP) is 9.16. The van der Waals surface area contributed by atoms with Crippen LogP contribution in [0.15, 0.2) is 24.3 Å². The van der Waals surface area contributed by atoms with Crippen molar-refractivity contribution in [1.29, 1.82) is 5.26 Å².